The summed E-state index contributed by atoms with van der Waals surface area (Å²) in [6, 6.07) is 14.8. The Bertz CT molecular complexity index is 1130. The number of methoxy groups -OCH3 is 1. The van der Waals surface area contributed by atoms with Crippen LogP contribution in [0.15, 0.2) is 60.9 Å². The van der Waals surface area contributed by atoms with Gasteiger partial charge in [-0.1, -0.05) is 32.9 Å². The topological polar surface area (TPSA) is 94.5 Å². The normalized spacial score (nSPS) is 11.6. The summed E-state index contributed by atoms with van der Waals surface area (Å²) < 4.78 is 12.2. The molecule has 0 atom stereocenters. The summed E-state index contributed by atoms with van der Waals surface area (Å²) in [4.78, 5) is 25.2. The lowest BCUT2D eigenvalue weighted by Gasteiger charge is -2.24. The van der Waals surface area contributed by atoms with Crippen LogP contribution in [0.25, 0.3) is 0 Å². The standard InChI is InChI=1S/C26H32N4O4/c1-25(2,3)18-7-11-22(12-8-18)34-17-23(31)28-20-15-27-30(16-20)26(4,5)24(32)29-19-9-13-21(33-6)14-10-19/h7-16H,17H2,1-6H3,(H,28,31)(H,29,32). The van der Waals surface area contributed by atoms with E-state index < -0.39 is 5.54 Å². The van der Waals surface area contributed by atoms with Crippen LogP contribution in [0.2, 0.25) is 0 Å². The van der Waals surface area contributed by atoms with Crippen LogP contribution < -0.4 is 20.1 Å². The predicted molar refractivity (Wildman–Crippen MR) is 132 cm³/mol. The fourth-order valence-electron chi connectivity index (χ4n) is 3.15. The molecule has 8 nitrogen and oxygen atoms in total. The smallest absolute Gasteiger partial charge is 0.262 e. The Hall–Kier alpha value is -3.81. The lowest BCUT2D eigenvalue weighted by atomic mass is 9.87. The Morgan fingerprint density at radius 3 is 2.09 bits per heavy atom. The fraction of sp³-hybridized carbons (Fsp3) is 0.346. The van der Waals surface area contributed by atoms with E-state index in [4.69, 9.17) is 9.47 Å². The van der Waals surface area contributed by atoms with Crippen molar-refractivity contribution in [2.45, 2.75) is 45.6 Å². The second kappa shape index (κ2) is 9.99. The molecule has 2 N–H and O–H groups in total. The zero-order valence-corrected chi connectivity index (χ0v) is 20.5. The molecule has 3 rings (SSSR count). The van der Waals surface area contributed by atoms with E-state index in [0.717, 1.165) is 0 Å². The second-order valence-electron chi connectivity index (χ2n) is 9.53. The minimum atomic E-state index is -0.992. The van der Waals surface area contributed by atoms with E-state index in [1.54, 1.807) is 51.4 Å². The van der Waals surface area contributed by atoms with E-state index >= 15 is 0 Å². The summed E-state index contributed by atoms with van der Waals surface area (Å²) >= 11 is 0. The molecular formula is C26H32N4O4. The van der Waals surface area contributed by atoms with Gasteiger partial charge in [0.1, 0.15) is 17.0 Å². The molecule has 0 saturated heterocycles. The molecule has 2 amide bonds. The van der Waals surface area contributed by atoms with Crippen molar-refractivity contribution < 1.29 is 19.1 Å². The van der Waals surface area contributed by atoms with Crippen LogP contribution in [0.3, 0.4) is 0 Å². The van der Waals surface area contributed by atoms with Gasteiger partial charge < -0.3 is 20.1 Å². The van der Waals surface area contributed by atoms with Crippen LogP contribution >= 0.6 is 0 Å². The first-order valence-electron chi connectivity index (χ1n) is 11.0. The van der Waals surface area contributed by atoms with Crippen molar-refractivity contribution in [3.05, 3.63) is 66.5 Å². The number of nitrogens with zero attached hydrogens (tertiary/aromatic N) is 2. The zero-order valence-electron chi connectivity index (χ0n) is 20.5. The first-order chi connectivity index (χ1) is 16.0. The summed E-state index contributed by atoms with van der Waals surface area (Å²) in [5.41, 5.74) is 1.37. The first-order valence-corrected chi connectivity index (χ1v) is 11.0. The van der Waals surface area contributed by atoms with Crippen molar-refractivity contribution in [3.8, 4) is 11.5 Å². The van der Waals surface area contributed by atoms with Crippen LogP contribution in [0.4, 0.5) is 11.4 Å². The van der Waals surface area contributed by atoms with E-state index in [0.29, 0.717) is 22.9 Å². The molecular weight excluding hydrogens is 432 g/mol. The molecule has 34 heavy (non-hydrogen) atoms. The molecule has 0 bridgehead atoms. The molecule has 8 heteroatoms. The highest BCUT2D eigenvalue weighted by Crippen LogP contribution is 2.24. The Balaban J connectivity index is 1.55. The van der Waals surface area contributed by atoms with Gasteiger partial charge in [0.05, 0.1) is 19.0 Å². The van der Waals surface area contributed by atoms with E-state index in [-0.39, 0.29) is 23.8 Å². The molecule has 1 heterocycles. The number of aromatic nitrogens is 2. The molecule has 3 aromatic rings. The molecule has 0 fully saturated rings. The number of carbonyl (C=O) groups is 2. The first kappa shape index (κ1) is 24.8. The number of hydrogen-bond acceptors (Lipinski definition) is 5. The minimum Gasteiger partial charge on any atom is -0.497 e. The van der Waals surface area contributed by atoms with E-state index in [2.05, 4.69) is 36.5 Å². The maximum absolute atomic E-state index is 12.9. The number of ether oxygens (including phenoxy) is 2. The number of carbonyl (C=O) groups excluding carboxylic acids is 2. The van der Waals surface area contributed by atoms with Gasteiger partial charge in [-0.3, -0.25) is 14.3 Å². The van der Waals surface area contributed by atoms with Crippen molar-refractivity contribution in [3.63, 3.8) is 0 Å². The van der Waals surface area contributed by atoms with E-state index in [1.165, 1.54) is 16.4 Å². The average molecular weight is 465 g/mol. The lowest BCUT2D eigenvalue weighted by molar-refractivity contribution is -0.123. The number of nitrogens with one attached hydrogen (secondary N) is 2. The van der Waals surface area contributed by atoms with Gasteiger partial charge in [-0.2, -0.15) is 5.10 Å². The van der Waals surface area contributed by atoms with Crippen molar-refractivity contribution in [2.24, 2.45) is 0 Å². The van der Waals surface area contributed by atoms with Gasteiger partial charge in [0.25, 0.3) is 11.8 Å². The largest absolute Gasteiger partial charge is 0.497 e. The SMILES string of the molecule is COc1ccc(NC(=O)C(C)(C)n2cc(NC(=O)COc3ccc(C(C)(C)C)cc3)cn2)cc1. The molecule has 0 aliphatic rings. The van der Waals surface area contributed by atoms with Gasteiger partial charge >= 0.3 is 0 Å². The van der Waals surface area contributed by atoms with Crippen LogP contribution in [0, 0.1) is 0 Å². The summed E-state index contributed by atoms with van der Waals surface area (Å²) in [5, 5.41) is 9.88. The highest BCUT2D eigenvalue weighted by molar-refractivity contribution is 5.96. The average Bonchev–Trinajstić information content (AvgIpc) is 3.27. The molecule has 2 aromatic carbocycles. The van der Waals surface area contributed by atoms with Crippen LogP contribution in [-0.2, 0) is 20.5 Å². The maximum Gasteiger partial charge on any atom is 0.262 e. The highest BCUT2D eigenvalue weighted by Gasteiger charge is 2.31. The molecule has 0 spiro atoms. The minimum absolute atomic E-state index is 0.0510. The number of amides is 2. The molecule has 0 radical (unpaired) electrons. The third-order valence-electron chi connectivity index (χ3n) is 5.43. The predicted octanol–water partition coefficient (Wildman–Crippen LogP) is 4.58. The number of hydrogen-bond donors (Lipinski definition) is 2. The number of rotatable bonds is 8. The highest BCUT2D eigenvalue weighted by atomic mass is 16.5. The quantitative estimate of drug-likeness (QED) is 0.509. The summed E-state index contributed by atoms with van der Waals surface area (Å²) in [7, 11) is 1.58. The Morgan fingerprint density at radius 2 is 1.50 bits per heavy atom. The van der Waals surface area contributed by atoms with Crippen molar-refractivity contribution >= 4 is 23.2 Å². The van der Waals surface area contributed by atoms with Gasteiger partial charge in [0.15, 0.2) is 6.61 Å². The van der Waals surface area contributed by atoms with Crippen LogP contribution in [-0.4, -0.2) is 35.3 Å². The monoisotopic (exact) mass is 464 g/mol. The maximum atomic E-state index is 12.9. The Kier molecular flexibility index (Phi) is 7.29. The molecule has 0 aliphatic heterocycles. The zero-order chi connectivity index (χ0) is 24.9. The third-order valence-corrected chi connectivity index (χ3v) is 5.43. The molecule has 0 saturated carbocycles. The number of anilines is 2. The van der Waals surface area contributed by atoms with Crippen molar-refractivity contribution in [1.82, 2.24) is 9.78 Å². The van der Waals surface area contributed by atoms with E-state index in [1.807, 2.05) is 24.3 Å². The molecule has 0 aliphatic carbocycles. The summed E-state index contributed by atoms with van der Waals surface area (Å²) in [5.74, 6) is 0.756. The van der Waals surface area contributed by atoms with Crippen LogP contribution in [0.1, 0.15) is 40.2 Å². The van der Waals surface area contributed by atoms with Crippen LogP contribution in [0.5, 0.6) is 11.5 Å². The van der Waals surface area contributed by atoms with Gasteiger partial charge in [-0.25, -0.2) is 0 Å². The third kappa shape index (κ3) is 6.15. The Labute approximate surface area is 200 Å². The summed E-state index contributed by atoms with van der Waals surface area (Å²) in [6.45, 7) is 9.77. The molecule has 0 unspecified atom stereocenters. The van der Waals surface area contributed by atoms with Gasteiger partial charge in [0, 0.05) is 11.9 Å². The molecule has 180 valence electrons. The second-order valence-corrected chi connectivity index (χ2v) is 9.53. The fourth-order valence-corrected chi connectivity index (χ4v) is 3.15. The van der Waals surface area contributed by atoms with E-state index in [9.17, 15) is 9.59 Å². The van der Waals surface area contributed by atoms with Gasteiger partial charge in [-0.05, 0) is 61.2 Å². The van der Waals surface area contributed by atoms with Crippen molar-refractivity contribution in [2.75, 3.05) is 24.4 Å². The molecule has 1 aromatic heterocycles. The van der Waals surface area contributed by atoms with Gasteiger partial charge in [-0.15, -0.1) is 0 Å². The Morgan fingerprint density at radius 1 is 0.882 bits per heavy atom. The summed E-state index contributed by atoms with van der Waals surface area (Å²) in [6.07, 6.45) is 3.11. The lowest BCUT2D eigenvalue weighted by Crippen LogP contribution is -2.40. The van der Waals surface area contributed by atoms with Crippen molar-refractivity contribution in [1.29, 1.82) is 0 Å². The number of benzene rings is 2. The van der Waals surface area contributed by atoms with Gasteiger partial charge in [0.2, 0.25) is 0 Å².